The molecule has 0 unspecified atom stereocenters. The monoisotopic (exact) mass is 97.0 g/mol. The molecular formula is C4H2FN2. The Bertz CT molecular complexity index is 140. The van der Waals surface area contributed by atoms with Gasteiger partial charge in [0.25, 0.3) is 0 Å². The van der Waals surface area contributed by atoms with Crippen LogP contribution in [0, 0.1) is 12.1 Å². The van der Waals surface area contributed by atoms with Gasteiger partial charge in [0, 0.05) is 6.07 Å². The molecular weight excluding hydrogens is 95.1 g/mol. The van der Waals surface area contributed by atoms with Crippen LogP contribution in [-0.4, -0.2) is 9.97 Å². The van der Waals surface area contributed by atoms with E-state index in [2.05, 4.69) is 16.2 Å². The van der Waals surface area contributed by atoms with Crippen LogP contribution in [-0.2, 0) is 0 Å². The van der Waals surface area contributed by atoms with Gasteiger partial charge in [0.15, 0.2) is 0 Å². The Kier molecular flexibility index (Phi) is 0.978. The molecule has 0 fully saturated rings. The normalized spacial score (nSPS) is 8.71. The average molecular weight is 97.1 g/mol. The van der Waals surface area contributed by atoms with Crippen LogP contribution in [0.4, 0.5) is 4.39 Å². The SMILES string of the molecule is Fc1c[c]ncn1. The molecule has 0 atom stereocenters. The molecule has 0 spiro atoms. The number of nitrogens with zero attached hydrogens (tertiary/aromatic N) is 2. The van der Waals surface area contributed by atoms with Crippen molar-refractivity contribution < 1.29 is 4.39 Å². The highest BCUT2D eigenvalue weighted by Crippen LogP contribution is 1.81. The van der Waals surface area contributed by atoms with Crippen LogP contribution < -0.4 is 0 Å². The van der Waals surface area contributed by atoms with Gasteiger partial charge < -0.3 is 0 Å². The van der Waals surface area contributed by atoms with E-state index in [1.807, 2.05) is 0 Å². The molecule has 0 aliphatic rings. The molecule has 2 nitrogen and oxygen atoms in total. The van der Waals surface area contributed by atoms with Crippen LogP contribution in [0.25, 0.3) is 0 Å². The van der Waals surface area contributed by atoms with Crippen molar-refractivity contribution in [2.45, 2.75) is 0 Å². The van der Waals surface area contributed by atoms with Gasteiger partial charge in [-0.2, -0.15) is 4.39 Å². The van der Waals surface area contributed by atoms with Crippen molar-refractivity contribution in [3.05, 3.63) is 24.5 Å². The van der Waals surface area contributed by atoms with Crippen molar-refractivity contribution in [2.24, 2.45) is 0 Å². The molecule has 0 aliphatic heterocycles. The molecule has 1 aromatic rings. The fraction of sp³-hybridized carbons (Fsp3) is 0. The summed E-state index contributed by atoms with van der Waals surface area (Å²) in [6.45, 7) is 0. The fourth-order valence-corrected chi connectivity index (χ4v) is 0.245. The minimum Gasteiger partial charge on any atom is -0.234 e. The number of halogens is 1. The highest BCUT2D eigenvalue weighted by Gasteiger charge is 1.80. The quantitative estimate of drug-likeness (QED) is 0.438. The Hall–Kier alpha value is -0.990. The first-order valence-corrected chi connectivity index (χ1v) is 1.73. The third kappa shape index (κ3) is 0.924. The maximum Gasteiger partial charge on any atom is 0.216 e. The van der Waals surface area contributed by atoms with Gasteiger partial charge in [-0.25, -0.2) is 9.97 Å². The maximum absolute atomic E-state index is 11.7. The summed E-state index contributed by atoms with van der Waals surface area (Å²) in [4.78, 5) is 6.54. The van der Waals surface area contributed by atoms with Crippen LogP contribution in [0.3, 0.4) is 0 Å². The molecule has 0 saturated heterocycles. The van der Waals surface area contributed by atoms with Crippen molar-refractivity contribution in [1.29, 1.82) is 0 Å². The summed E-state index contributed by atoms with van der Waals surface area (Å²) in [5.74, 6) is -0.546. The summed E-state index contributed by atoms with van der Waals surface area (Å²) in [6.07, 6.45) is 3.38. The first-order chi connectivity index (χ1) is 3.39. The summed E-state index contributed by atoms with van der Waals surface area (Å²) in [5.41, 5.74) is 0. The van der Waals surface area contributed by atoms with Gasteiger partial charge in [-0.15, -0.1) is 0 Å². The predicted octanol–water partition coefficient (Wildman–Crippen LogP) is 0.416. The maximum atomic E-state index is 11.7. The zero-order chi connectivity index (χ0) is 5.11. The molecule has 35 valence electrons. The lowest BCUT2D eigenvalue weighted by atomic mass is 10.7. The minimum absolute atomic E-state index is 0.546. The number of aromatic nitrogens is 2. The van der Waals surface area contributed by atoms with E-state index in [0.29, 0.717) is 0 Å². The summed E-state index contributed by atoms with van der Waals surface area (Å²) in [5, 5.41) is 0. The Balaban J connectivity index is 3.02. The zero-order valence-electron chi connectivity index (χ0n) is 3.43. The summed E-state index contributed by atoms with van der Waals surface area (Å²) in [7, 11) is 0. The van der Waals surface area contributed by atoms with Gasteiger partial charge in [-0.3, -0.25) is 0 Å². The van der Waals surface area contributed by atoms with E-state index in [4.69, 9.17) is 0 Å². The van der Waals surface area contributed by atoms with Crippen LogP contribution in [0.1, 0.15) is 0 Å². The zero-order valence-corrected chi connectivity index (χ0v) is 3.43. The van der Waals surface area contributed by atoms with Crippen molar-refractivity contribution in [3.8, 4) is 0 Å². The lowest BCUT2D eigenvalue weighted by molar-refractivity contribution is 0.579. The van der Waals surface area contributed by atoms with Gasteiger partial charge in [-0.05, 0) is 0 Å². The molecule has 1 heterocycles. The second-order valence-corrected chi connectivity index (χ2v) is 0.970. The molecule has 1 aromatic heterocycles. The fourth-order valence-electron chi connectivity index (χ4n) is 0.245. The molecule has 1 radical (unpaired) electrons. The van der Waals surface area contributed by atoms with Crippen LogP contribution >= 0.6 is 0 Å². The third-order valence-corrected chi connectivity index (χ3v) is 0.497. The Labute approximate surface area is 40.0 Å². The van der Waals surface area contributed by atoms with Gasteiger partial charge in [0.2, 0.25) is 5.95 Å². The third-order valence-electron chi connectivity index (χ3n) is 0.497. The lowest BCUT2D eigenvalue weighted by Gasteiger charge is -1.76. The smallest absolute Gasteiger partial charge is 0.216 e. The molecule has 0 aromatic carbocycles. The molecule has 0 saturated carbocycles. The summed E-state index contributed by atoms with van der Waals surface area (Å²) < 4.78 is 11.7. The Morgan fingerprint density at radius 3 is 2.86 bits per heavy atom. The van der Waals surface area contributed by atoms with E-state index in [1.165, 1.54) is 0 Å². The van der Waals surface area contributed by atoms with E-state index >= 15 is 0 Å². The largest absolute Gasteiger partial charge is 0.234 e. The summed E-state index contributed by atoms with van der Waals surface area (Å²) in [6, 6.07) is 1.07. The summed E-state index contributed by atoms with van der Waals surface area (Å²) >= 11 is 0. The van der Waals surface area contributed by atoms with Gasteiger partial charge in [0.05, 0.1) is 6.20 Å². The highest BCUT2D eigenvalue weighted by atomic mass is 19.1. The van der Waals surface area contributed by atoms with Crippen molar-refractivity contribution in [2.75, 3.05) is 0 Å². The number of rotatable bonds is 0. The van der Waals surface area contributed by atoms with Crippen molar-refractivity contribution >= 4 is 0 Å². The van der Waals surface area contributed by atoms with E-state index in [1.54, 1.807) is 0 Å². The molecule has 0 bridgehead atoms. The minimum atomic E-state index is -0.546. The van der Waals surface area contributed by atoms with Gasteiger partial charge in [0.1, 0.15) is 6.33 Å². The Morgan fingerprint density at radius 1 is 1.71 bits per heavy atom. The molecule has 0 aliphatic carbocycles. The van der Waals surface area contributed by atoms with E-state index in [-0.39, 0.29) is 0 Å². The second kappa shape index (κ2) is 1.64. The van der Waals surface area contributed by atoms with E-state index in [9.17, 15) is 4.39 Å². The topological polar surface area (TPSA) is 25.8 Å². The second-order valence-electron chi connectivity index (χ2n) is 0.970. The molecule has 0 amide bonds. The van der Waals surface area contributed by atoms with Crippen molar-refractivity contribution in [1.82, 2.24) is 9.97 Å². The first kappa shape index (κ1) is 4.18. The lowest BCUT2D eigenvalue weighted by Crippen LogP contribution is -1.79. The van der Waals surface area contributed by atoms with Crippen LogP contribution in [0.5, 0.6) is 0 Å². The van der Waals surface area contributed by atoms with Gasteiger partial charge in [-0.1, -0.05) is 0 Å². The van der Waals surface area contributed by atoms with Crippen LogP contribution in [0.2, 0.25) is 0 Å². The average Bonchev–Trinajstić information content (AvgIpc) is 1.69. The molecule has 0 N–H and O–H groups in total. The van der Waals surface area contributed by atoms with Crippen molar-refractivity contribution in [3.63, 3.8) is 0 Å². The first-order valence-electron chi connectivity index (χ1n) is 1.73. The Morgan fingerprint density at radius 2 is 2.57 bits per heavy atom. The number of hydrogen-bond acceptors (Lipinski definition) is 2. The predicted molar refractivity (Wildman–Crippen MR) is 20.8 cm³/mol. The molecule has 7 heavy (non-hydrogen) atoms. The standard InChI is InChI=1S/C4H2FN2/c5-4-1-2-6-3-7-4/h1,3H. The van der Waals surface area contributed by atoms with Crippen LogP contribution in [0.15, 0.2) is 12.4 Å². The highest BCUT2D eigenvalue weighted by molar-refractivity contribution is 4.77. The van der Waals surface area contributed by atoms with E-state index < -0.39 is 5.95 Å². The number of hydrogen-bond donors (Lipinski definition) is 0. The molecule has 3 heteroatoms. The van der Waals surface area contributed by atoms with E-state index in [0.717, 1.165) is 12.4 Å². The molecule has 1 rings (SSSR count). The van der Waals surface area contributed by atoms with Gasteiger partial charge >= 0.3 is 0 Å².